The van der Waals surface area contributed by atoms with Gasteiger partial charge in [0.15, 0.2) is 0 Å². The first-order chi connectivity index (χ1) is 8.24. The molecule has 5 nitrogen and oxygen atoms in total. The maximum atomic E-state index is 12.0. The monoisotopic (exact) mass is 258 g/mol. The van der Waals surface area contributed by atoms with E-state index >= 15 is 0 Å². The molecule has 0 amide bonds. The molecule has 1 fully saturated rings. The van der Waals surface area contributed by atoms with Crippen LogP contribution >= 0.6 is 0 Å². The predicted octanol–water partition coefficient (Wildman–Crippen LogP) is 1.84. The molecule has 5 heteroatoms. The summed E-state index contributed by atoms with van der Waals surface area (Å²) in [5, 5.41) is 9.21. The Morgan fingerprint density at radius 1 is 1.17 bits per heavy atom. The number of ether oxygens (including phenoxy) is 2. The third kappa shape index (κ3) is 3.98. The molecule has 0 saturated heterocycles. The highest BCUT2D eigenvalue weighted by atomic mass is 16.6. The average Bonchev–Trinajstić information content (AvgIpc) is 2.25. The Kier molecular flexibility index (Phi) is 4.73. The predicted molar refractivity (Wildman–Crippen MR) is 65.1 cm³/mol. The van der Waals surface area contributed by atoms with Crippen molar-refractivity contribution in [3.8, 4) is 0 Å². The van der Waals surface area contributed by atoms with Crippen molar-refractivity contribution >= 4 is 11.9 Å². The number of carbonyl (C=O) groups is 2. The molecule has 1 aliphatic rings. The zero-order valence-corrected chi connectivity index (χ0v) is 11.4. The molecule has 0 aromatic rings. The minimum absolute atomic E-state index is 0.0789. The van der Waals surface area contributed by atoms with E-state index in [0.29, 0.717) is 19.3 Å². The van der Waals surface area contributed by atoms with E-state index in [1.165, 1.54) is 0 Å². The van der Waals surface area contributed by atoms with E-state index in [1.807, 2.05) is 0 Å². The molecule has 1 N–H and O–H groups in total. The first kappa shape index (κ1) is 15.0. The summed E-state index contributed by atoms with van der Waals surface area (Å²) in [7, 11) is 1.57. The van der Waals surface area contributed by atoms with Crippen molar-refractivity contribution in [3.05, 3.63) is 0 Å². The fraction of sp³-hybridized carbons (Fsp3) is 0.846. The molecular weight excluding hydrogens is 236 g/mol. The number of carboxylic acid groups (broad SMARTS) is 1. The smallest absolute Gasteiger partial charge is 0.310 e. The van der Waals surface area contributed by atoms with Crippen molar-refractivity contribution in [2.24, 2.45) is 11.8 Å². The van der Waals surface area contributed by atoms with Gasteiger partial charge in [0.1, 0.15) is 5.60 Å². The molecule has 18 heavy (non-hydrogen) atoms. The minimum Gasteiger partial charge on any atom is -0.481 e. The van der Waals surface area contributed by atoms with Gasteiger partial charge in [0.25, 0.3) is 0 Å². The summed E-state index contributed by atoms with van der Waals surface area (Å²) in [5.41, 5.74) is -0.585. The van der Waals surface area contributed by atoms with Gasteiger partial charge in [-0.2, -0.15) is 0 Å². The summed E-state index contributed by atoms with van der Waals surface area (Å²) >= 11 is 0. The standard InChI is InChI=1S/C13H22O5/c1-13(2,3)18-12(16)9-6-5-8(17-4)7-10(9)11(14)15/h8-10H,5-7H2,1-4H3,(H,14,15)/t8-,9-,10-/m1/s1. The average molecular weight is 258 g/mol. The lowest BCUT2D eigenvalue weighted by Crippen LogP contribution is -2.40. The van der Waals surface area contributed by atoms with Crippen LogP contribution < -0.4 is 0 Å². The van der Waals surface area contributed by atoms with Crippen molar-refractivity contribution in [2.45, 2.75) is 51.7 Å². The Labute approximate surface area is 107 Å². The van der Waals surface area contributed by atoms with Crippen molar-refractivity contribution in [1.29, 1.82) is 0 Å². The first-order valence-electron chi connectivity index (χ1n) is 6.23. The minimum atomic E-state index is -0.951. The van der Waals surface area contributed by atoms with Crippen molar-refractivity contribution in [2.75, 3.05) is 7.11 Å². The summed E-state index contributed by atoms with van der Waals surface area (Å²) in [6, 6.07) is 0. The molecule has 0 bridgehead atoms. The molecule has 0 aliphatic heterocycles. The molecule has 104 valence electrons. The Morgan fingerprint density at radius 2 is 1.78 bits per heavy atom. The van der Waals surface area contributed by atoms with Crippen LogP contribution in [0.25, 0.3) is 0 Å². The highest BCUT2D eigenvalue weighted by Gasteiger charge is 2.41. The molecule has 1 aliphatic carbocycles. The Hall–Kier alpha value is -1.10. The SMILES string of the molecule is CO[C@@H]1CC[C@@H](C(=O)OC(C)(C)C)[C@H](C(=O)O)C1. The van der Waals surface area contributed by atoms with Gasteiger partial charge in [-0.3, -0.25) is 9.59 Å². The van der Waals surface area contributed by atoms with Gasteiger partial charge in [-0.05, 0) is 40.0 Å². The number of methoxy groups -OCH3 is 1. The normalized spacial score (nSPS) is 28.8. The van der Waals surface area contributed by atoms with Crippen LogP contribution in [0.15, 0.2) is 0 Å². The fourth-order valence-corrected chi connectivity index (χ4v) is 2.28. The van der Waals surface area contributed by atoms with Gasteiger partial charge >= 0.3 is 11.9 Å². The second kappa shape index (κ2) is 5.69. The van der Waals surface area contributed by atoms with Gasteiger partial charge in [0, 0.05) is 7.11 Å². The number of esters is 1. The number of aliphatic carboxylic acids is 1. The van der Waals surface area contributed by atoms with Crippen LogP contribution in [0, 0.1) is 11.8 Å². The zero-order valence-electron chi connectivity index (χ0n) is 11.4. The van der Waals surface area contributed by atoms with E-state index in [1.54, 1.807) is 27.9 Å². The molecule has 0 heterocycles. The van der Waals surface area contributed by atoms with Gasteiger partial charge < -0.3 is 14.6 Å². The van der Waals surface area contributed by atoms with Crippen LogP contribution in [0.2, 0.25) is 0 Å². The van der Waals surface area contributed by atoms with Gasteiger partial charge in [0.2, 0.25) is 0 Å². The Morgan fingerprint density at radius 3 is 2.22 bits per heavy atom. The van der Waals surface area contributed by atoms with Gasteiger partial charge in [-0.25, -0.2) is 0 Å². The summed E-state index contributed by atoms with van der Waals surface area (Å²) in [4.78, 5) is 23.2. The molecule has 3 atom stereocenters. The number of hydrogen-bond acceptors (Lipinski definition) is 4. The lowest BCUT2D eigenvalue weighted by atomic mass is 9.77. The van der Waals surface area contributed by atoms with Crippen LogP contribution in [0.1, 0.15) is 40.0 Å². The van der Waals surface area contributed by atoms with Crippen molar-refractivity contribution in [3.63, 3.8) is 0 Å². The van der Waals surface area contributed by atoms with Gasteiger partial charge in [-0.1, -0.05) is 0 Å². The molecule has 1 rings (SSSR count). The number of carbonyl (C=O) groups excluding carboxylic acids is 1. The summed E-state index contributed by atoms with van der Waals surface area (Å²) in [5.74, 6) is -2.64. The van der Waals surface area contributed by atoms with Crippen molar-refractivity contribution < 1.29 is 24.2 Å². The molecule has 0 spiro atoms. The van der Waals surface area contributed by atoms with E-state index in [-0.39, 0.29) is 6.10 Å². The molecule has 0 aromatic carbocycles. The van der Waals surface area contributed by atoms with Gasteiger partial charge in [0.05, 0.1) is 17.9 Å². The number of hydrogen-bond donors (Lipinski definition) is 1. The van der Waals surface area contributed by atoms with Crippen LogP contribution in [0.3, 0.4) is 0 Å². The third-order valence-electron chi connectivity index (χ3n) is 3.16. The highest BCUT2D eigenvalue weighted by Crippen LogP contribution is 2.33. The van der Waals surface area contributed by atoms with Crippen LogP contribution in [0.4, 0.5) is 0 Å². The van der Waals surface area contributed by atoms with Gasteiger partial charge in [-0.15, -0.1) is 0 Å². The number of carboxylic acids is 1. The molecular formula is C13H22O5. The van der Waals surface area contributed by atoms with Crippen molar-refractivity contribution in [1.82, 2.24) is 0 Å². The maximum Gasteiger partial charge on any atom is 0.310 e. The lowest BCUT2D eigenvalue weighted by Gasteiger charge is -2.33. The Balaban J connectivity index is 2.74. The molecule has 0 aromatic heterocycles. The summed E-state index contributed by atoms with van der Waals surface area (Å²) in [6.07, 6.45) is 1.49. The van der Waals surface area contributed by atoms with Crippen LogP contribution in [0.5, 0.6) is 0 Å². The summed E-state index contributed by atoms with van der Waals surface area (Å²) in [6.45, 7) is 5.34. The quantitative estimate of drug-likeness (QED) is 0.782. The van der Waals surface area contributed by atoms with E-state index in [4.69, 9.17) is 9.47 Å². The first-order valence-corrected chi connectivity index (χ1v) is 6.23. The second-order valence-corrected chi connectivity index (χ2v) is 5.76. The largest absolute Gasteiger partial charge is 0.481 e. The second-order valence-electron chi connectivity index (χ2n) is 5.76. The molecule has 1 saturated carbocycles. The topological polar surface area (TPSA) is 72.8 Å². The van der Waals surface area contributed by atoms with E-state index < -0.39 is 29.4 Å². The van der Waals surface area contributed by atoms with Crippen LogP contribution in [-0.4, -0.2) is 35.9 Å². The zero-order chi connectivity index (χ0) is 13.9. The molecule has 0 unspecified atom stereocenters. The third-order valence-corrected chi connectivity index (χ3v) is 3.16. The fourth-order valence-electron chi connectivity index (χ4n) is 2.28. The molecule has 0 radical (unpaired) electrons. The van der Waals surface area contributed by atoms with Crippen LogP contribution in [-0.2, 0) is 19.1 Å². The number of rotatable bonds is 3. The maximum absolute atomic E-state index is 12.0. The Bertz CT molecular complexity index is 318. The summed E-state index contributed by atoms with van der Waals surface area (Å²) < 4.78 is 10.5. The van der Waals surface area contributed by atoms with E-state index in [2.05, 4.69) is 0 Å². The van der Waals surface area contributed by atoms with E-state index in [9.17, 15) is 14.7 Å². The van der Waals surface area contributed by atoms with E-state index in [0.717, 1.165) is 0 Å². The highest BCUT2D eigenvalue weighted by molar-refractivity contribution is 5.81. The lowest BCUT2D eigenvalue weighted by molar-refractivity contribution is -0.170.